The van der Waals surface area contributed by atoms with E-state index in [0.717, 1.165) is 12.0 Å². The summed E-state index contributed by atoms with van der Waals surface area (Å²) < 4.78 is 0. The highest BCUT2D eigenvalue weighted by Gasteiger charge is 2.30. The van der Waals surface area contributed by atoms with Gasteiger partial charge in [-0.2, -0.15) is 0 Å². The van der Waals surface area contributed by atoms with E-state index in [1.165, 1.54) is 51.8 Å². The molecule has 0 aromatic heterocycles. The lowest BCUT2D eigenvalue weighted by molar-refractivity contribution is 0.0792. The molecule has 2 saturated heterocycles. The van der Waals surface area contributed by atoms with E-state index in [0.29, 0.717) is 0 Å². The van der Waals surface area contributed by atoms with E-state index >= 15 is 0 Å². The van der Waals surface area contributed by atoms with Crippen LogP contribution in [-0.2, 0) is 0 Å². The second kappa shape index (κ2) is 6.03. The fourth-order valence-electron chi connectivity index (χ4n) is 3.13. The first-order chi connectivity index (χ1) is 7.81. The number of nitrogens with zero attached hydrogens (tertiary/aromatic N) is 2. The third kappa shape index (κ3) is 2.99. The van der Waals surface area contributed by atoms with Gasteiger partial charge >= 0.3 is 0 Å². The molecule has 0 amide bonds. The molecule has 2 heterocycles. The third-order valence-electron chi connectivity index (χ3n) is 4.15. The molecule has 1 N–H and O–H groups in total. The Morgan fingerprint density at radius 1 is 1.25 bits per heavy atom. The molecule has 4 heteroatoms. The van der Waals surface area contributed by atoms with E-state index < -0.39 is 0 Å². The standard InChI is InChI=1S/C12H25BN3/c1-14-10-11-9-13-4-3-12(11)16-7-5-15(2)6-8-16/h11-12,14H,3-10H2,1-2H3. The molecule has 2 rings (SSSR count). The molecule has 0 spiro atoms. The van der Waals surface area contributed by atoms with Crippen LogP contribution in [0.5, 0.6) is 0 Å². The van der Waals surface area contributed by atoms with Crippen LogP contribution in [0, 0.1) is 5.92 Å². The van der Waals surface area contributed by atoms with Crippen molar-refractivity contribution in [3.05, 3.63) is 0 Å². The Labute approximate surface area is 101 Å². The van der Waals surface area contributed by atoms with Gasteiger partial charge in [0.05, 0.1) is 0 Å². The molecule has 0 saturated carbocycles. The van der Waals surface area contributed by atoms with Crippen LogP contribution in [0.15, 0.2) is 0 Å². The largest absolute Gasteiger partial charge is 0.319 e. The molecular weight excluding hydrogens is 197 g/mol. The number of rotatable bonds is 3. The normalized spacial score (nSPS) is 33.6. The van der Waals surface area contributed by atoms with Crippen LogP contribution in [0.4, 0.5) is 0 Å². The van der Waals surface area contributed by atoms with Crippen molar-refractivity contribution in [3.63, 3.8) is 0 Å². The highest BCUT2D eigenvalue weighted by atomic mass is 15.3. The maximum atomic E-state index is 3.36. The molecule has 0 aliphatic carbocycles. The first-order valence-corrected chi connectivity index (χ1v) is 6.70. The van der Waals surface area contributed by atoms with Crippen molar-refractivity contribution in [3.8, 4) is 0 Å². The van der Waals surface area contributed by atoms with Crippen LogP contribution >= 0.6 is 0 Å². The monoisotopic (exact) mass is 222 g/mol. The first-order valence-electron chi connectivity index (χ1n) is 6.70. The van der Waals surface area contributed by atoms with E-state index in [9.17, 15) is 0 Å². The summed E-state index contributed by atoms with van der Waals surface area (Å²) in [4.78, 5) is 5.17. The molecule has 2 unspecified atom stereocenters. The lowest BCUT2D eigenvalue weighted by Crippen LogP contribution is -2.53. The Morgan fingerprint density at radius 2 is 2.00 bits per heavy atom. The quantitative estimate of drug-likeness (QED) is 0.696. The lowest BCUT2D eigenvalue weighted by Gasteiger charge is -2.43. The van der Waals surface area contributed by atoms with Crippen molar-refractivity contribution >= 4 is 7.28 Å². The second-order valence-corrected chi connectivity index (χ2v) is 5.33. The van der Waals surface area contributed by atoms with Crippen molar-refractivity contribution in [2.24, 2.45) is 5.92 Å². The average molecular weight is 222 g/mol. The fourth-order valence-corrected chi connectivity index (χ4v) is 3.13. The average Bonchev–Trinajstić information content (AvgIpc) is 2.32. The minimum absolute atomic E-state index is 0.825. The van der Waals surface area contributed by atoms with Gasteiger partial charge in [0.2, 0.25) is 0 Å². The van der Waals surface area contributed by atoms with E-state index in [1.807, 2.05) is 0 Å². The Balaban J connectivity index is 1.89. The van der Waals surface area contributed by atoms with Gasteiger partial charge in [-0.25, -0.2) is 0 Å². The Morgan fingerprint density at radius 3 is 2.69 bits per heavy atom. The van der Waals surface area contributed by atoms with E-state index in [-0.39, 0.29) is 0 Å². The highest BCUT2D eigenvalue weighted by molar-refractivity contribution is 6.35. The van der Waals surface area contributed by atoms with Crippen molar-refractivity contribution in [2.45, 2.75) is 25.1 Å². The minimum Gasteiger partial charge on any atom is -0.319 e. The fraction of sp³-hybridized carbons (Fsp3) is 1.00. The molecule has 0 aromatic rings. The summed E-state index contributed by atoms with van der Waals surface area (Å²) in [5, 5.41) is 3.36. The van der Waals surface area contributed by atoms with Crippen LogP contribution in [0.3, 0.4) is 0 Å². The van der Waals surface area contributed by atoms with Gasteiger partial charge in [-0.3, -0.25) is 4.90 Å². The Bertz CT molecular complexity index is 202. The number of nitrogens with one attached hydrogen (secondary N) is 1. The number of hydrogen-bond acceptors (Lipinski definition) is 3. The predicted molar refractivity (Wildman–Crippen MR) is 70.3 cm³/mol. The first kappa shape index (κ1) is 12.4. The van der Waals surface area contributed by atoms with Gasteiger partial charge in [-0.1, -0.05) is 12.6 Å². The molecule has 0 bridgehead atoms. The molecule has 0 aromatic carbocycles. The molecule has 2 aliphatic heterocycles. The summed E-state index contributed by atoms with van der Waals surface area (Å²) in [5.41, 5.74) is 0. The van der Waals surface area contributed by atoms with Crippen molar-refractivity contribution in [1.82, 2.24) is 15.1 Å². The summed E-state index contributed by atoms with van der Waals surface area (Å²) in [6.45, 7) is 6.19. The molecule has 2 fully saturated rings. The number of piperazine rings is 1. The molecule has 91 valence electrons. The van der Waals surface area contributed by atoms with Gasteiger partial charge in [0.25, 0.3) is 0 Å². The van der Waals surface area contributed by atoms with Crippen molar-refractivity contribution in [1.29, 1.82) is 0 Å². The molecule has 1 radical (unpaired) electrons. The maximum absolute atomic E-state index is 3.36. The number of likely N-dealkylation sites (N-methyl/N-ethyl adjacent to an activating group) is 1. The van der Waals surface area contributed by atoms with Gasteiger partial charge < -0.3 is 10.2 Å². The predicted octanol–water partition coefficient (Wildman–Crippen LogP) is 0.383. The zero-order valence-corrected chi connectivity index (χ0v) is 10.8. The molecular formula is C12H25BN3. The SMILES string of the molecule is CNCC1C[B]CCC1N1CCN(C)CC1. The molecule has 3 nitrogen and oxygen atoms in total. The van der Waals surface area contributed by atoms with Crippen LogP contribution < -0.4 is 5.32 Å². The smallest absolute Gasteiger partial charge is 0.110 e. The summed E-state index contributed by atoms with van der Waals surface area (Å²) >= 11 is 0. The van der Waals surface area contributed by atoms with Gasteiger partial charge in [0, 0.05) is 32.2 Å². The highest BCUT2D eigenvalue weighted by Crippen LogP contribution is 2.26. The Hall–Kier alpha value is -0.0551. The topological polar surface area (TPSA) is 18.5 Å². The van der Waals surface area contributed by atoms with Crippen LogP contribution in [0.2, 0.25) is 12.6 Å². The van der Waals surface area contributed by atoms with E-state index in [2.05, 4.69) is 36.5 Å². The zero-order chi connectivity index (χ0) is 11.4. The van der Waals surface area contributed by atoms with Crippen LogP contribution in [0.1, 0.15) is 6.42 Å². The molecule has 2 atom stereocenters. The van der Waals surface area contributed by atoms with E-state index in [4.69, 9.17) is 0 Å². The summed E-state index contributed by atoms with van der Waals surface area (Å²) in [6, 6.07) is 0.825. The van der Waals surface area contributed by atoms with Gasteiger partial charge in [0.15, 0.2) is 0 Å². The summed E-state index contributed by atoms with van der Waals surface area (Å²) in [5.74, 6) is 0.835. The van der Waals surface area contributed by atoms with Gasteiger partial charge in [0.1, 0.15) is 7.28 Å². The lowest BCUT2D eigenvalue weighted by atomic mass is 9.58. The molecule has 16 heavy (non-hydrogen) atoms. The van der Waals surface area contributed by atoms with Gasteiger partial charge in [-0.15, -0.1) is 0 Å². The van der Waals surface area contributed by atoms with Gasteiger partial charge in [-0.05, 0) is 33.0 Å². The van der Waals surface area contributed by atoms with Crippen molar-refractivity contribution < 1.29 is 0 Å². The van der Waals surface area contributed by atoms with Crippen LogP contribution in [0.25, 0.3) is 0 Å². The summed E-state index contributed by atoms with van der Waals surface area (Å²) in [7, 11) is 6.79. The van der Waals surface area contributed by atoms with E-state index in [1.54, 1.807) is 0 Å². The number of hydrogen-bond donors (Lipinski definition) is 1. The Kier molecular flexibility index (Phi) is 4.68. The third-order valence-corrected chi connectivity index (χ3v) is 4.15. The maximum Gasteiger partial charge on any atom is 0.110 e. The van der Waals surface area contributed by atoms with Crippen LogP contribution in [-0.4, -0.2) is 69.9 Å². The molecule has 2 aliphatic rings. The summed E-state index contributed by atoms with van der Waals surface area (Å²) in [6.07, 6.45) is 3.99. The second-order valence-electron chi connectivity index (χ2n) is 5.33. The minimum atomic E-state index is 0.825. The zero-order valence-electron chi connectivity index (χ0n) is 10.8. The van der Waals surface area contributed by atoms with Crippen molar-refractivity contribution in [2.75, 3.05) is 46.8 Å².